The maximum Gasteiger partial charge on any atom is 0.307 e. The maximum absolute atomic E-state index is 12.1. The number of carboxylic acid groups (broad SMARTS) is 1. The van der Waals surface area contributed by atoms with Crippen molar-refractivity contribution in [1.82, 2.24) is 4.98 Å². The second kappa shape index (κ2) is 10.8. The van der Waals surface area contributed by atoms with Gasteiger partial charge >= 0.3 is 16.8 Å². The average molecular weight is 478 g/mol. The number of H-pyrrole nitrogens is 1. The van der Waals surface area contributed by atoms with Gasteiger partial charge in [-0.2, -0.15) is 0 Å². The number of benzene rings is 2. The predicted octanol–water partition coefficient (Wildman–Crippen LogP) is 3.91. The first kappa shape index (κ1) is 23.4. The molecule has 0 aliphatic rings. The molecule has 0 bridgehead atoms. The zero-order chi connectivity index (χ0) is 23.1. The molecule has 0 aliphatic carbocycles. The largest absolute Gasteiger partial charge is 0.494 e. The fraction of sp³-hybridized carbons (Fsp3) is 0.227. The van der Waals surface area contributed by atoms with Crippen molar-refractivity contribution < 1.29 is 29.3 Å². The van der Waals surface area contributed by atoms with Gasteiger partial charge in [-0.15, -0.1) is 0 Å². The van der Waals surface area contributed by atoms with Crippen LogP contribution in [0.1, 0.15) is 34.9 Å². The van der Waals surface area contributed by atoms with E-state index in [0.717, 1.165) is 16.9 Å². The molecule has 0 radical (unpaired) electrons. The summed E-state index contributed by atoms with van der Waals surface area (Å²) in [5.74, 6) is -1.34. The highest BCUT2D eigenvalue weighted by molar-refractivity contribution is 7.09. The molecule has 32 heavy (non-hydrogen) atoms. The molecule has 0 amide bonds. The minimum Gasteiger partial charge on any atom is -0.494 e. The van der Waals surface area contributed by atoms with Crippen molar-refractivity contribution in [2.75, 3.05) is 6.61 Å². The van der Waals surface area contributed by atoms with Crippen molar-refractivity contribution in [2.24, 2.45) is 0 Å². The lowest BCUT2D eigenvalue weighted by atomic mass is 10.1. The van der Waals surface area contributed by atoms with Crippen LogP contribution in [-0.2, 0) is 20.7 Å². The first-order chi connectivity index (χ1) is 15.3. The summed E-state index contributed by atoms with van der Waals surface area (Å²) in [5, 5.41) is 18.9. The van der Waals surface area contributed by atoms with Crippen molar-refractivity contribution in [3.63, 3.8) is 0 Å². The highest BCUT2D eigenvalue weighted by Crippen LogP contribution is 2.25. The minimum atomic E-state index is -1.09. The first-order valence-electron chi connectivity index (χ1n) is 9.59. The van der Waals surface area contributed by atoms with Crippen LogP contribution in [0.2, 0.25) is 5.02 Å². The topological polar surface area (TPSA) is 126 Å². The molecule has 3 rings (SSSR count). The number of thiazole rings is 1. The van der Waals surface area contributed by atoms with Crippen molar-refractivity contribution in [2.45, 2.75) is 25.4 Å². The minimum absolute atomic E-state index is 0.00127. The Morgan fingerprint density at radius 1 is 1.12 bits per heavy atom. The molecule has 0 fully saturated rings. The molecule has 3 aromatic rings. The third-order valence-electron chi connectivity index (χ3n) is 4.43. The summed E-state index contributed by atoms with van der Waals surface area (Å²) >= 11 is 6.99. The Balaban J connectivity index is 1.65. The lowest BCUT2D eigenvalue weighted by molar-refractivity contribution is -0.153. The van der Waals surface area contributed by atoms with Gasteiger partial charge in [0.2, 0.25) is 5.88 Å². The van der Waals surface area contributed by atoms with Gasteiger partial charge in [-0.05, 0) is 35.4 Å². The Morgan fingerprint density at radius 2 is 1.88 bits per heavy atom. The number of aromatic nitrogens is 1. The molecule has 168 valence electrons. The number of ether oxygens (including phenoxy) is 2. The summed E-state index contributed by atoms with van der Waals surface area (Å²) in [6.45, 7) is -0.00127. The third-order valence-corrected chi connectivity index (χ3v) is 5.53. The monoisotopic (exact) mass is 477 g/mol. The molecule has 0 aliphatic heterocycles. The van der Waals surface area contributed by atoms with Crippen LogP contribution in [0.5, 0.6) is 11.6 Å². The van der Waals surface area contributed by atoms with Crippen LogP contribution in [0, 0.1) is 0 Å². The van der Waals surface area contributed by atoms with Crippen LogP contribution in [0.25, 0.3) is 0 Å². The average Bonchev–Trinajstić information content (AvgIpc) is 3.07. The standard InChI is InChI=1S/C22H20ClNO7S/c23-15-3-1-2-14(11-15)17(31-20(27)9-8-19(25)26)12-30-16-6-4-13(5-7-16)10-18-21(28)24-22(29)32-18/h1-7,11,17,28H,8-10,12H2,(H,24,29)(H,25,26)/t17-/m1/s1. The van der Waals surface area contributed by atoms with E-state index in [0.29, 0.717) is 27.6 Å². The van der Waals surface area contributed by atoms with Gasteiger partial charge in [0, 0.05) is 11.4 Å². The molecule has 3 N–H and O–H groups in total. The number of aromatic hydroxyl groups is 1. The molecule has 1 atom stereocenters. The van der Waals surface area contributed by atoms with Crippen molar-refractivity contribution in [3.8, 4) is 11.6 Å². The molecule has 8 nitrogen and oxygen atoms in total. The fourth-order valence-corrected chi connectivity index (χ4v) is 3.82. The Hall–Kier alpha value is -3.30. The van der Waals surface area contributed by atoms with E-state index in [1.54, 1.807) is 48.5 Å². The maximum atomic E-state index is 12.1. The lowest BCUT2D eigenvalue weighted by Gasteiger charge is -2.19. The van der Waals surface area contributed by atoms with Crippen LogP contribution in [0.15, 0.2) is 53.3 Å². The van der Waals surface area contributed by atoms with E-state index in [2.05, 4.69) is 4.98 Å². The van der Waals surface area contributed by atoms with Gasteiger partial charge in [-0.25, -0.2) is 0 Å². The summed E-state index contributed by atoms with van der Waals surface area (Å²) in [5.41, 5.74) is 1.49. The number of nitrogens with one attached hydrogen (secondary N) is 1. The van der Waals surface area contributed by atoms with Crippen LogP contribution >= 0.6 is 22.9 Å². The van der Waals surface area contributed by atoms with Crippen LogP contribution < -0.4 is 9.61 Å². The summed E-state index contributed by atoms with van der Waals surface area (Å²) < 4.78 is 11.2. The fourth-order valence-electron chi connectivity index (χ4n) is 2.86. The number of rotatable bonds is 10. The number of aromatic amines is 1. The van der Waals surface area contributed by atoms with Crippen molar-refractivity contribution in [3.05, 3.63) is 79.2 Å². The molecular formula is C22H20ClNO7S. The van der Waals surface area contributed by atoms with E-state index in [-0.39, 0.29) is 30.2 Å². The summed E-state index contributed by atoms with van der Waals surface area (Å²) in [4.78, 5) is 36.6. The van der Waals surface area contributed by atoms with Crippen molar-refractivity contribution in [1.29, 1.82) is 0 Å². The first-order valence-corrected chi connectivity index (χ1v) is 10.8. The van der Waals surface area contributed by atoms with E-state index in [4.69, 9.17) is 26.2 Å². The molecule has 1 heterocycles. The van der Waals surface area contributed by atoms with Gasteiger partial charge < -0.3 is 19.7 Å². The van der Waals surface area contributed by atoms with Gasteiger partial charge in [0.15, 0.2) is 6.10 Å². The van der Waals surface area contributed by atoms with Gasteiger partial charge in [0.25, 0.3) is 0 Å². The van der Waals surface area contributed by atoms with E-state index < -0.39 is 18.0 Å². The van der Waals surface area contributed by atoms with E-state index in [1.165, 1.54) is 0 Å². The molecule has 0 saturated heterocycles. The smallest absolute Gasteiger partial charge is 0.307 e. The zero-order valence-corrected chi connectivity index (χ0v) is 18.3. The second-order valence-corrected chi connectivity index (χ2v) is 8.35. The Kier molecular flexibility index (Phi) is 7.91. The molecule has 1 aromatic heterocycles. The second-order valence-electron chi connectivity index (χ2n) is 6.85. The van der Waals surface area contributed by atoms with Gasteiger partial charge in [-0.3, -0.25) is 19.4 Å². The molecule has 0 spiro atoms. The van der Waals surface area contributed by atoms with E-state index >= 15 is 0 Å². The van der Waals surface area contributed by atoms with Crippen LogP contribution in [0.3, 0.4) is 0 Å². The highest BCUT2D eigenvalue weighted by atomic mass is 35.5. The number of hydrogen-bond donors (Lipinski definition) is 3. The molecule has 0 saturated carbocycles. The highest BCUT2D eigenvalue weighted by Gasteiger charge is 2.19. The van der Waals surface area contributed by atoms with E-state index in [1.807, 2.05) is 0 Å². The number of carbonyl (C=O) groups is 2. The quantitative estimate of drug-likeness (QED) is 0.378. The normalized spacial score (nSPS) is 11.7. The number of carbonyl (C=O) groups excluding carboxylic acids is 1. The summed E-state index contributed by atoms with van der Waals surface area (Å²) in [7, 11) is 0. The third kappa shape index (κ3) is 6.86. The summed E-state index contributed by atoms with van der Waals surface area (Å²) in [6.07, 6.45) is -0.959. The van der Waals surface area contributed by atoms with Gasteiger partial charge in [-0.1, -0.05) is 47.2 Å². The molecule has 2 aromatic carbocycles. The molecule has 10 heteroatoms. The van der Waals surface area contributed by atoms with Crippen LogP contribution in [0.4, 0.5) is 0 Å². The molecule has 0 unspecified atom stereocenters. The molecular weight excluding hydrogens is 458 g/mol. The number of esters is 1. The number of hydrogen-bond acceptors (Lipinski definition) is 7. The number of halogens is 1. The SMILES string of the molecule is O=C(O)CCC(=O)O[C@H](COc1ccc(Cc2sc(=O)[nH]c2O)cc1)c1cccc(Cl)c1. The van der Waals surface area contributed by atoms with E-state index in [9.17, 15) is 19.5 Å². The van der Waals surface area contributed by atoms with Crippen molar-refractivity contribution >= 4 is 34.9 Å². The predicted molar refractivity (Wildman–Crippen MR) is 119 cm³/mol. The zero-order valence-electron chi connectivity index (χ0n) is 16.7. The van der Waals surface area contributed by atoms with Gasteiger partial charge in [0.1, 0.15) is 12.4 Å². The number of aliphatic carboxylic acids is 1. The lowest BCUT2D eigenvalue weighted by Crippen LogP contribution is -2.18. The van der Waals surface area contributed by atoms with Crippen LogP contribution in [-0.4, -0.2) is 33.7 Å². The summed E-state index contributed by atoms with van der Waals surface area (Å²) in [6, 6.07) is 13.8. The number of carboxylic acids is 1. The van der Waals surface area contributed by atoms with Gasteiger partial charge in [0.05, 0.1) is 17.7 Å². The Bertz CT molecular complexity index is 1140. The Morgan fingerprint density at radius 3 is 2.50 bits per heavy atom. The Labute approximate surface area is 192 Å².